The zero-order valence-corrected chi connectivity index (χ0v) is 13.2. The molecule has 5 heteroatoms. The van der Waals surface area contributed by atoms with Crippen molar-refractivity contribution in [3.05, 3.63) is 65.5 Å². The molecule has 0 radical (unpaired) electrons. The Labute approximate surface area is 135 Å². The standard InChI is InChI=1S/C18H20FNO3/c1-20(11-10-13-6-8-15(19)9-7-13)18(22)17(21)14-4-3-5-16(12-14)23-2/h3-9,12,17,21H,10-11H2,1-2H3. The topological polar surface area (TPSA) is 49.8 Å². The lowest BCUT2D eigenvalue weighted by Crippen LogP contribution is -2.33. The quantitative estimate of drug-likeness (QED) is 0.891. The maximum atomic E-state index is 12.9. The van der Waals surface area contributed by atoms with Gasteiger partial charge in [0.1, 0.15) is 11.6 Å². The molecule has 0 heterocycles. The van der Waals surface area contributed by atoms with E-state index in [9.17, 15) is 14.3 Å². The highest BCUT2D eigenvalue weighted by atomic mass is 19.1. The number of aliphatic hydroxyl groups excluding tert-OH is 1. The molecule has 4 nitrogen and oxygen atoms in total. The zero-order valence-electron chi connectivity index (χ0n) is 13.2. The summed E-state index contributed by atoms with van der Waals surface area (Å²) >= 11 is 0. The Morgan fingerprint density at radius 3 is 2.61 bits per heavy atom. The maximum Gasteiger partial charge on any atom is 0.255 e. The number of benzene rings is 2. The summed E-state index contributed by atoms with van der Waals surface area (Å²) in [6.45, 7) is 0.436. The summed E-state index contributed by atoms with van der Waals surface area (Å²) in [7, 11) is 3.16. The fraction of sp³-hybridized carbons (Fsp3) is 0.278. The molecule has 0 aliphatic carbocycles. The molecule has 122 valence electrons. The summed E-state index contributed by atoms with van der Waals surface area (Å²) in [4.78, 5) is 13.8. The minimum Gasteiger partial charge on any atom is -0.497 e. The number of nitrogens with zero attached hydrogens (tertiary/aromatic N) is 1. The molecule has 0 aliphatic rings. The second kappa shape index (κ2) is 7.74. The number of ether oxygens (including phenoxy) is 1. The average Bonchev–Trinajstić information content (AvgIpc) is 2.59. The number of rotatable bonds is 6. The van der Waals surface area contributed by atoms with Crippen LogP contribution in [0.4, 0.5) is 4.39 Å². The average molecular weight is 317 g/mol. The van der Waals surface area contributed by atoms with Crippen molar-refractivity contribution >= 4 is 5.91 Å². The molecule has 0 saturated heterocycles. The summed E-state index contributed by atoms with van der Waals surface area (Å²) < 4.78 is 18.0. The second-order valence-electron chi connectivity index (χ2n) is 5.32. The molecule has 0 spiro atoms. The van der Waals surface area contributed by atoms with Crippen LogP contribution >= 0.6 is 0 Å². The van der Waals surface area contributed by atoms with Crippen LogP contribution < -0.4 is 4.74 Å². The van der Waals surface area contributed by atoms with Crippen LogP contribution in [0.2, 0.25) is 0 Å². The highest BCUT2D eigenvalue weighted by Crippen LogP contribution is 2.20. The lowest BCUT2D eigenvalue weighted by Gasteiger charge is -2.21. The van der Waals surface area contributed by atoms with E-state index in [1.807, 2.05) is 0 Å². The first-order valence-electron chi connectivity index (χ1n) is 7.32. The molecular formula is C18H20FNO3. The minimum absolute atomic E-state index is 0.286. The number of hydrogen-bond donors (Lipinski definition) is 1. The smallest absolute Gasteiger partial charge is 0.255 e. The van der Waals surface area contributed by atoms with Gasteiger partial charge in [-0.3, -0.25) is 4.79 Å². The van der Waals surface area contributed by atoms with Crippen molar-refractivity contribution in [3.8, 4) is 5.75 Å². The van der Waals surface area contributed by atoms with E-state index in [0.29, 0.717) is 24.3 Å². The van der Waals surface area contributed by atoms with Gasteiger partial charge >= 0.3 is 0 Å². The Kier molecular flexibility index (Phi) is 5.71. The van der Waals surface area contributed by atoms with Gasteiger partial charge in [-0.2, -0.15) is 0 Å². The largest absolute Gasteiger partial charge is 0.497 e. The summed E-state index contributed by atoms with van der Waals surface area (Å²) in [6, 6.07) is 12.9. The maximum absolute atomic E-state index is 12.9. The van der Waals surface area contributed by atoms with Crippen molar-refractivity contribution in [3.63, 3.8) is 0 Å². The number of methoxy groups -OCH3 is 1. The van der Waals surface area contributed by atoms with E-state index in [2.05, 4.69) is 0 Å². The van der Waals surface area contributed by atoms with Crippen LogP contribution in [0.5, 0.6) is 5.75 Å². The molecule has 0 aliphatic heterocycles. The van der Waals surface area contributed by atoms with Crippen molar-refractivity contribution in [2.45, 2.75) is 12.5 Å². The fourth-order valence-corrected chi connectivity index (χ4v) is 2.22. The Balaban J connectivity index is 1.96. The Morgan fingerprint density at radius 2 is 1.96 bits per heavy atom. The molecule has 0 aromatic heterocycles. The summed E-state index contributed by atoms with van der Waals surface area (Å²) in [5.74, 6) is -0.0877. The van der Waals surface area contributed by atoms with Gasteiger partial charge in [0.2, 0.25) is 0 Å². The molecule has 23 heavy (non-hydrogen) atoms. The number of carbonyl (C=O) groups excluding carboxylic acids is 1. The van der Waals surface area contributed by atoms with E-state index in [4.69, 9.17) is 4.74 Å². The summed E-state index contributed by atoms with van der Waals surface area (Å²) in [5, 5.41) is 10.2. The van der Waals surface area contributed by atoms with Gasteiger partial charge in [-0.25, -0.2) is 4.39 Å². The highest BCUT2D eigenvalue weighted by molar-refractivity contribution is 5.82. The van der Waals surface area contributed by atoms with Crippen molar-refractivity contribution < 1.29 is 19.0 Å². The molecular weight excluding hydrogens is 297 g/mol. The van der Waals surface area contributed by atoms with Crippen molar-refractivity contribution in [1.29, 1.82) is 0 Å². The van der Waals surface area contributed by atoms with Gasteiger partial charge in [0.05, 0.1) is 7.11 Å². The van der Waals surface area contributed by atoms with Gasteiger partial charge in [0, 0.05) is 13.6 Å². The summed E-state index contributed by atoms with van der Waals surface area (Å²) in [5.41, 5.74) is 1.42. The molecule has 0 bridgehead atoms. The third-order valence-electron chi connectivity index (χ3n) is 3.67. The third-order valence-corrected chi connectivity index (χ3v) is 3.67. The van der Waals surface area contributed by atoms with E-state index >= 15 is 0 Å². The van der Waals surface area contributed by atoms with E-state index in [1.165, 1.54) is 24.1 Å². The van der Waals surface area contributed by atoms with E-state index in [0.717, 1.165) is 5.56 Å². The first kappa shape index (κ1) is 17.0. The Morgan fingerprint density at radius 1 is 1.26 bits per heavy atom. The molecule has 2 aromatic carbocycles. The van der Waals surface area contributed by atoms with Crippen LogP contribution in [0, 0.1) is 5.82 Å². The number of hydrogen-bond acceptors (Lipinski definition) is 3. The van der Waals surface area contributed by atoms with Gasteiger partial charge < -0.3 is 14.7 Å². The molecule has 1 unspecified atom stereocenters. The van der Waals surface area contributed by atoms with Crippen molar-refractivity contribution in [1.82, 2.24) is 4.90 Å². The second-order valence-corrected chi connectivity index (χ2v) is 5.32. The zero-order chi connectivity index (χ0) is 16.8. The fourth-order valence-electron chi connectivity index (χ4n) is 2.22. The predicted octanol–water partition coefficient (Wildman–Crippen LogP) is 2.57. The molecule has 2 rings (SSSR count). The normalized spacial score (nSPS) is 11.8. The molecule has 0 saturated carbocycles. The lowest BCUT2D eigenvalue weighted by atomic mass is 10.1. The minimum atomic E-state index is -1.23. The SMILES string of the molecule is COc1cccc(C(O)C(=O)N(C)CCc2ccc(F)cc2)c1. The van der Waals surface area contributed by atoms with E-state index in [-0.39, 0.29) is 11.7 Å². The van der Waals surface area contributed by atoms with Crippen LogP contribution in [0.1, 0.15) is 17.2 Å². The van der Waals surface area contributed by atoms with Gasteiger partial charge in [-0.1, -0.05) is 24.3 Å². The van der Waals surface area contributed by atoms with Crippen LogP contribution in [-0.2, 0) is 11.2 Å². The van der Waals surface area contributed by atoms with Crippen LogP contribution in [0.15, 0.2) is 48.5 Å². The number of carbonyl (C=O) groups is 1. The molecule has 1 amide bonds. The monoisotopic (exact) mass is 317 g/mol. The molecule has 2 aromatic rings. The summed E-state index contributed by atoms with van der Waals surface area (Å²) in [6.07, 6.45) is -0.642. The Hall–Kier alpha value is -2.40. The number of likely N-dealkylation sites (N-methyl/N-ethyl adjacent to an activating group) is 1. The van der Waals surface area contributed by atoms with Gasteiger partial charge in [0.25, 0.3) is 5.91 Å². The van der Waals surface area contributed by atoms with E-state index < -0.39 is 6.10 Å². The number of amides is 1. The van der Waals surface area contributed by atoms with Crippen LogP contribution in [0.3, 0.4) is 0 Å². The lowest BCUT2D eigenvalue weighted by molar-refractivity contribution is -0.139. The van der Waals surface area contributed by atoms with Crippen molar-refractivity contribution in [2.75, 3.05) is 20.7 Å². The van der Waals surface area contributed by atoms with Crippen molar-refractivity contribution in [2.24, 2.45) is 0 Å². The predicted molar refractivity (Wildman–Crippen MR) is 85.7 cm³/mol. The molecule has 0 fully saturated rings. The first-order chi connectivity index (χ1) is 11.0. The van der Waals surface area contributed by atoms with Crippen LogP contribution in [0.25, 0.3) is 0 Å². The van der Waals surface area contributed by atoms with E-state index in [1.54, 1.807) is 43.4 Å². The number of aliphatic hydroxyl groups is 1. The molecule has 1 atom stereocenters. The number of halogens is 1. The van der Waals surface area contributed by atoms with Gasteiger partial charge in [-0.15, -0.1) is 0 Å². The molecule has 1 N–H and O–H groups in total. The highest BCUT2D eigenvalue weighted by Gasteiger charge is 2.21. The first-order valence-corrected chi connectivity index (χ1v) is 7.32. The van der Waals surface area contributed by atoms with Gasteiger partial charge in [0.15, 0.2) is 6.10 Å². The third kappa shape index (κ3) is 4.53. The Bertz CT molecular complexity index is 658. The van der Waals surface area contributed by atoms with Crippen LogP contribution in [-0.4, -0.2) is 36.6 Å². The van der Waals surface area contributed by atoms with Gasteiger partial charge in [-0.05, 0) is 41.8 Å².